The van der Waals surface area contributed by atoms with Crippen LogP contribution in [0.2, 0.25) is 0 Å². The summed E-state index contributed by atoms with van der Waals surface area (Å²) in [5.74, 6) is 1.20. The van der Waals surface area contributed by atoms with Crippen molar-refractivity contribution in [3.05, 3.63) is 59.3 Å². The van der Waals surface area contributed by atoms with E-state index in [1.54, 1.807) is 11.0 Å². The fraction of sp³-hybridized carbons (Fsp3) is 0.292. The lowest BCUT2D eigenvalue weighted by molar-refractivity contribution is -0.118. The minimum atomic E-state index is -0.236. The van der Waals surface area contributed by atoms with Gasteiger partial charge in [0.1, 0.15) is 5.70 Å². The summed E-state index contributed by atoms with van der Waals surface area (Å²) in [5.41, 5.74) is 2.90. The second-order valence-corrected chi connectivity index (χ2v) is 8.45. The van der Waals surface area contributed by atoms with E-state index in [4.69, 9.17) is 9.47 Å². The number of thioether (sulfide) groups is 1. The number of amidine groups is 1. The van der Waals surface area contributed by atoms with E-state index in [2.05, 4.69) is 17.2 Å². The van der Waals surface area contributed by atoms with E-state index < -0.39 is 0 Å². The van der Waals surface area contributed by atoms with Crippen molar-refractivity contribution < 1.29 is 19.1 Å². The molecule has 2 aliphatic heterocycles. The molecule has 4 rings (SSSR count). The Morgan fingerprint density at radius 1 is 1.19 bits per heavy atom. The van der Waals surface area contributed by atoms with E-state index in [1.807, 2.05) is 49.4 Å². The van der Waals surface area contributed by atoms with Gasteiger partial charge >= 0.3 is 0 Å². The van der Waals surface area contributed by atoms with Crippen LogP contribution in [0.3, 0.4) is 0 Å². The Bertz CT molecular complexity index is 1080. The Morgan fingerprint density at radius 2 is 1.97 bits per heavy atom. The molecule has 0 atom stereocenters. The number of aliphatic imine (C=N–C) groups is 1. The average molecular weight is 452 g/mol. The van der Waals surface area contributed by atoms with E-state index in [9.17, 15) is 9.59 Å². The number of benzene rings is 2. The molecule has 2 aliphatic rings. The van der Waals surface area contributed by atoms with Gasteiger partial charge < -0.3 is 14.8 Å². The minimum Gasteiger partial charge on any atom is -0.454 e. The van der Waals surface area contributed by atoms with E-state index >= 15 is 0 Å². The lowest BCUT2D eigenvalue weighted by Crippen LogP contribution is -2.32. The summed E-state index contributed by atoms with van der Waals surface area (Å²) in [4.78, 5) is 31.6. The molecular formula is C24H25N3O4S. The predicted octanol–water partition coefficient (Wildman–Crippen LogP) is 4.12. The maximum absolute atomic E-state index is 13.3. The van der Waals surface area contributed by atoms with Crippen LogP contribution in [0.15, 0.2) is 53.2 Å². The lowest BCUT2D eigenvalue weighted by Gasteiger charge is -2.18. The summed E-state index contributed by atoms with van der Waals surface area (Å²) >= 11 is 1.25. The number of nitrogens with one attached hydrogen (secondary N) is 1. The third-order valence-electron chi connectivity index (χ3n) is 5.01. The van der Waals surface area contributed by atoms with Crippen molar-refractivity contribution in [2.75, 3.05) is 24.0 Å². The van der Waals surface area contributed by atoms with Gasteiger partial charge in [-0.25, -0.2) is 4.99 Å². The molecule has 1 N–H and O–H groups in total. The monoisotopic (exact) mass is 451 g/mol. The molecule has 32 heavy (non-hydrogen) atoms. The number of aryl methyl sites for hydroxylation is 1. The highest BCUT2D eigenvalue weighted by Gasteiger charge is 2.32. The van der Waals surface area contributed by atoms with Crippen LogP contribution in [0.5, 0.6) is 11.5 Å². The molecule has 2 amide bonds. The third-order valence-corrected chi connectivity index (χ3v) is 5.95. The standard InChI is InChI=1S/C24H25N3O4S/c1-3-4-11-25-22(28)14-32-24-26-19(12-17-7-10-20-21(13-17)31-15-30-20)23(29)27(24)18-8-5-16(2)6-9-18/h5-10,12-13H,3-4,11,14-15H2,1-2H3,(H,25,28)/b19-12-. The minimum absolute atomic E-state index is 0.0735. The summed E-state index contributed by atoms with van der Waals surface area (Å²) in [6.45, 7) is 4.91. The molecular weight excluding hydrogens is 426 g/mol. The van der Waals surface area contributed by atoms with Crippen LogP contribution in [0.25, 0.3) is 6.08 Å². The second kappa shape index (κ2) is 9.91. The molecule has 0 bridgehead atoms. The summed E-state index contributed by atoms with van der Waals surface area (Å²) < 4.78 is 10.8. The molecule has 0 spiro atoms. The molecule has 0 saturated heterocycles. The molecule has 0 unspecified atom stereocenters. The van der Waals surface area contributed by atoms with E-state index in [0.717, 1.165) is 24.0 Å². The van der Waals surface area contributed by atoms with E-state index in [-0.39, 0.29) is 24.4 Å². The van der Waals surface area contributed by atoms with Crippen LogP contribution in [0.4, 0.5) is 5.69 Å². The van der Waals surface area contributed by atoms with Crippen LogP contribution < -0.4 is 19.7 Å². The zero-order valence-corrected chi connectivity index (χ0v) is 18.9. The van der Waals surface area contributed by atoms with Crippen LogP contribution in [-0.4, -0.2) is 36.1 Å². The smallest absolute Gasteiger partial charge is 0.283 e. The van der Waals surface area contributed by atoms with Gasteiger partial charge in [-0.05, 0) is 49.2 Å². The number of unbranched alkanes of at least 4 members (excludes halogenated alkanes) is 1. The molecule has 0 saturated carbocycles. The Kier molecular flexibility index (Phi) is 6.80. The van der Waals surface area contributed by atoms with E-state index in [1.165, 1.54) is 11.8 Å². The normalized spacial score (nSPS) is 15.9. The molecule has 0 aromatic heterocycles. The maximum atomic E-state index is 13.3. The van der Waals surface area contributed by atoms with Gasteiger partial charge in [0.15, 0.2) is 16.7 Å². The maximum Gasteiger partial charge on any atom is 0.283 e. The van der Waals surface area contributed by atoms with E-state index in [0.29, 0.717) is 34.6 Å². The largest absolute Gasteiger partial charge is 0.454 e. The highest BCUT2D eigenvalue weighted by Crippen LogP contribution is 2.34. The Labute approximate surface area is 191 Å². The molecule has 2 heterocycles. The summed E-state index contributed by atoms with van der Waals surface area (Å²) in [5, 5.41) is 3.38. The zero-order valence-electron chi connectivity index (χ0n) is 18.1. The van der Waals surface area contributed by atoms with Crippen LogP contribution in [-0.2, 0) is 9.59 Å². The number of carbonyl (C=O) groups excluding carboxylic acids is 2. The number of rotatable bonds is 7. The first kappa shape index (κ1) is 22.0. The van der Waals surface area contributed by atoms with Crippen molar-refractivity contribution in [2.45, 2.75) is 26.7 Å². The van der Waals surface area contributed by atoms with Gasteiger partial charge in [-0.3, -0.25) is 14.5 Å². The molecule has 2 aromatic rings. The molecule has 0 fully saturated rings. The molecule has 8 heteroatoms. The van der Waals surface area contributed by atoms with Crippen molar-refractivity contribution in [3.8, 4) is 11.5 Å². The number of hydrogen-bond acceptors (Lipinski definition) is 6. The van der Waals surface area contributed by atoms with Crippen molar-refractivity contribution >= 4 is 40.5 Å². The third kappa shape index (κ3) is 4.96. The van der Waals surface area contributed by atoms with Gasteiger partial charge in [0.2, 0.25) is 12.7 Å². The zero-order chi connectivity index (χ0) is 22.5. The SMILES string of the molecule is CCCCNC(=O)CSC1=N/C(=C\c2ccc3c(c2)OCO3)C(=O)N1c1ccc(C)cc1. The van der Waals surface area contributed by atoms with Crippen molar-refractivity contribution in [3.63, 3.8) is 0 Å². The Balaban J connectivity index is 1.57. The first-order chi connectivity index (χ1) is 15.5. The Hall–Kier alpha value is -3.26. The van der Waals surface area contributed by atoms with Gasteiger partial charge in [0, 0.05) is 6.54 Å². The van der Waals surface area contributed by atoms with Crippen molar-refractivity contribution in [1.29, 1.82) is 0 Å². The summed E-state index contributed by atoms with van der Waals surface area (Å²) in [6, 6.07) is 13.1. The first-order valence-electron chi connectivity index (χ1n) is 10.6. The topological polar surface area (TPSA) is 80.2 Å². The number of amides is 2. The molecule has 0 aliphatic carbocycles. The van der Waals surface area contributed by atoms with Gasteiger partial charge in [0.25, 0.3) is 5.91 Å². The first-order valence-corrected chi connectivity index (χ1v) is 11.5. The quantitative estimate of drug-likeness (QED) is 0.506. The predicted molar refractivity (Wildman–Crippen MR) is 127 cm³/mol. The lowest BCUT2D eigenvalue weighted by atomic mass is 10.1. The van der Waals surface area contributed by atoms with Crippen LogP contribution in [0.1, 0.15) is 30.9 Å². The molecule has 7 nitrogen and oxygen atoms in total. The van der Waals surface area contributed by atoms with Crippen molar-refractivity contribution in [1.82, 2.24) is 5.32 Å². The highest BCUT2D eigenvalue weighted by atomic mass is 32.2. The van der Waals surface area contributed by atoms with Gasteiger partial charge in [-0.15, -0.1) is 0 Å². The fourth-order valence-electron chi connectivity index (χ4n) is 3.26. The molecule has 2 aromatic carbocycles. The summed E-state index contributed by atoms with van der Waals surface area (Å²) in [6.07, 6.45) is 3.68. The molecule has 0 radical (unpaired) electrons. The molecule has 166 valence electrons. The number of nitrogens with zero attached hydrogens (tertiary/aromatic N) is 2. The number of hydrogen-bond donors (Lipinski definition) is 1. The van der Waals surface area contributed by atoms with Gasteiger partial charge in [-0.1, -0.05) is 48.9 Å². The number of carbonyl (C=O) groups is 2. The number of fused-ring (bicyclic) bond motifs is 1. The van der Waals surface area contributed by atoms with Gasteiger partial charge in [0.05, 0.1) is 11.4 Å². The highest BCUT2D eigenvalue weighted by molar-refractivity contribution is 8.14. The summed E-state index contributed by atoms with van der Waals surface area (Å²) in [7, 11) is 0. The second-order valence-electron chi connectivity index (χ2n) is 7.50. The van der Waals surface area contributed by atoms with Crippen LogP contribution >= 0.6 is 11.8 Å². The number of anilines is 1. The van der Waals surface area contributed by atoms with Crippen LogP contribution in [0, 0.1) is 6.92 Å². The van der Waals surface area contributed by atoms with Crippen molar-refractivity contribution in [2.24, 2.45) is 4.99 Å². The number of ether oxygens (including phenoxy) is 2. The fourth-order valence-corrected chi connectivity index (χ4v) is 4.10. The Morgan fingerprint density at radius 3 is 2.75 bits per heavy atom. The van der Waals surface area contributed by atoms with Gasteiger partial charge in [-0.2, -0.15) is 0 Å². The average Bonchev–Trinajstić information content (AvgIpc) is 3.37.